The van der Waals surface area contributed by atoms with Crippen LogP contribution in [0.4, 0.5) is 23.7 Å². The molecule has 0 aliphatic heterocycles. The molecule has 0 bridgehead atoms. The number of hydrogen-bond acceptors (Lipinski definition) is 4. The van der Waals surface area contributed by atoms with Crippen molar-refractivity contribution in [2.24, 2.45) is 0 Å². The van der Waals surface area contributed by atoms with Crippen LogP contribution in [0.5, 0.6) is 5.75 Å². The number of hydrogen-bond donors (Lipinski definition) is 3. The molecule has 2 amide bonds. The fourth-order valence-corrected chi connectivity index (χ4v) is 2.31. The number of carbonyl (C=O) groups is 1. The molecule has 0 fully saturated rings. The zero-order valence-electron chi connectivity index (χ0n) is 15.1. The lowest BCUT2D eigenvalue weighted by atomic mass is 10.2. The van der Waals surface area contributed by atoms with Crippen molar-refractivity contribution in [2.75, 3.05) is 25.6 Å². The van der Waals surface area contributed by atoms with Gasteiger partial charge in [-0.15, -0.1) is 0 Å². The molecule has 2 rings (SSSR count). The van der Waals surface area contributed by atoms with Crippen molar-refractivity contribution >= 4 is 11.7 Å². The first-order chi connectivity index (χ1) is 13.3. The number of aliphatic hydroxyl groups excluding tert-OH is 1. The van der Waals surface area contributed by atoms with Gasteiger partial charge in [-0.2, -0.15) is 13.2 Å². The second kappa shape index (κ2) is 9.95. The molecule has 0 heterocycles. The van der Waals surface area contributed by atoms with Crippen molar-refractivity contribution < 1.29 is 32.5 Å². The first-order valence-electron chi connectivity index (χ1n) is 8.39. The Labute approximate surface area is 160 Å². The molecule has 3 N–H and O–H groups in total. The normalized spacial score (nSPS) is 12.3. The van der Waals surface area contributed by atoms with Gasteiger partial charge < -0.3 is 25.2 Å². The number of urea groups is 1. The largest absolute Gasteiger partial charge is 0.491 e. The molecule has 1 atom stereocenters. The molecule has 2 aromatic rings. The third kappa shape index (κ3) is 6.75. The van der Waals surface area contributed by atoms with Gasteiger partial charge in [0.05, 0.1) is 12.2 Å². The van der Waals surface area contributed by atoms with Crippen LogP contribution in [0, 0.1) is 0 Å². The van der Waals surface area contributed by atoms with Crippen molar-refractivity contribution in [2.45, 2.75) is 18.9 Å². The van der Waals surface area contributed by atoms with Crippen LogP contribution in [0.3, 0.4) is 0 Å². The van der Waals surface area contributed by atoms with Gasteiger partial charge in [0.15, 0.2) is 0 Å². The van der Waals surface area contributed by atoms with Crippen LogP contribution in [-0.2, 0) is 17.5 Å². The van der Waals surface area contributed by atoms with Crippen LogP contribution < -0.4 is 15.4 Å². The van der Waals surface area contributed by atoms with E-state index in [1.54, 1.807) is 18.2 Å². The summed E-state index contributed by atoms with van der Waals surface area (Å²) in [7, 11) is 1.54. The average Bonchev–Trinajstić information content (AvgIpc) is 2.66. The van der Waals surface area contributed by atoms with Gasteiger partial charge in [0.1, 0.15) is 18.5 Å². The number of para-hydroxylation sites is 1. The molecule has 0 saturated heterocycles. The van der Waals surface area contributed by atoms with E-state index in [4.69, 9.17) is 9.47 Å². The number of rotatable bonds is 8. The number of nitrogens with one attached hydrogen (secondary N) is 2. The van der Waals surface area contributed by atoms with Crippen LogP contribution in [0.15, 0.2) is 48.5 Å². The van der Waals surface area contributed by atoms with Crippen molar-refractivity contribution in [1.82, 2.24) is 5.32 Å². The fraction of sp³-hybridized carbons (Fsp3) is 0.316. The van der Waals surface area contributed by atoms with Crippen molar-refractivity contribution in [3.63, 3.8) is 0 Å². The highest BCUT2D eigenvalue weighted by molar-refractivity contribution is 5.90. The lowest BCUT2D eigenvalue weighted by Crippen LogP contribution is -2.37. The third-order valence-corrected chi connectivity index (χ3v) is 3.67. The predicted octanol–water partition coefficient (Wildman–Crippen LogP) is 3.41. The molecule has 0 saturated carbocycles. The second-order valence-corrected chi connectivity index (χ2v) is 5.92. The molecular weight excluding hydrogens is 377 g/mol. The summed E-state index contributed by atoms with van der Waals surface area (Å²) in [6.07, 6.45) is -5.58. The van der Waals surface area contributed by atoms with Gasteiger partial charge >= 0.3 is 12.2 Å². The summed E-state index contributed by atoms with van der Waals surface area (Å²) in [6, 6.07) is 10.9. The van der Waals surface area contributed by atoms with E-state index in [0.29, 0.717) is 12.3 Å². The summed E-state index contributed by atoms with van der Waals surface area (Å²) in [4.78, 5) is 12.0. The van der Waals surface area contributed by atoms with Gasteiger partial charge in [-0.05, 0) is 24.3 Å². The minimum absolute atomic E-state index is 0.0215. The lowest BCUT2D eigenvalue weighted by molar-refractivity contribution is -0.137. The Morgan fingerprint density at radius 3 is 2.64 bits per heavy atom. The Morgan fingerprint density at radius 2 is 1.93 bits per heavy atom. The molecule has 1 unspecified atom stereocenters. The average molecular weight is 398 g/mol. The van der Waals surface area contributed by atoms with Crippen LogP contribution in [0.25, 0.3) is 0 Å². The maximum absolute atomic E-state index is 12.7. The summed E-state index contributed by atoms with van der Waals surface area (Å²) in [6.45, 7) is -0.0942. The van der Waals surface area contributed by atoms with Gasteiger partial charge in [0.25, 0.3) is 0 Å². The monoisotopic (exact) mass is 398 g/mol. The number of carbonyl (C=O) groups excluding carboxylic acids is 1. The maximum Gasteiger partial charge on any atom is 0.416 e. The highest BCUT2D eigenvalue weighted by atomic mass is 19.4. The molecule has 0 aliphatic rings. The van der Waals surface area contributed by atoms with E-state index in [2.05, 4.69) is 10.6 Å². The fourth-order valence-electron chi connectivity index (χ4n) is 2.31. The van der Waals surface area contributed by atoms with Crippen molar-refractivity contribution in [1.29, 1.82) is 0 Å². The quantitative estimate of drug-likeness (QED) is 0.637. The molecular formula is C19H21F3N2O4. The SMILES string of the molecule is COCc1ccccc1NC(=O)NCC(O)COc1cccc(C(F)(F)F)c1. The van der Waals surface area contributed by atoms with E-state index in [-0.39, 0.29) is 18.9 Å². The smallest absolute Gasteiger partial charge is 0.416 e. The molecule has 0 radical (unpaired) electrons. The Hall–Kier alpha value is -2.78. The number of halogens is 3. The second-order valence-electron chi connectivity index (χ2n) is 5.92. The molecule has 0 spiro atoms. The maximum atomic E-state index is 12.7. The number of aliphatic hydroxyl groups is 1. The van der Waals surface area contributed by atoms with Crippen LogP contribution in [0.1, 0.15) is 11.1 Å². The number of alkyl halides is 3. The molecule has 9 heteroatoms. The van der Waals surface area contributed by atoms with E-state index in [1.165, 1.54) is 19.2 Å². The van der Waals surface area contributed by atoms with Gasteiger partial charge in [-0.1, -0.05) is 24.3 Å². The standard InChI is InChI=1S/C19H21F3N2O4/c1-27-11-13-5-2-3-8-17(13)24-18(26)23-10-15(25)12-28-16-7-4-6-14(9-16)19(20,21)22/h2-9,15,25H,10-12H2,1H3,(H2,23,24,26). The summed E-state index contributed by atoms with van der Waals surface area (Å²) < 4.78 is 48.2. The summed E-state index contributed by atoms with van der Waals surface area (Å²) in [5.41, 5.74) is 0.511. The Bertz CT molecular complexity index is 784. The van der Waals surface area contributed by atoms with Crippen LogP contribution in [-0.4, -0.2) is 37.5 Å². The predicted molar refractivity (Wildman–Crippen MR) is 97.1 cm³/mol. The van der Waals surface area contributed by atoms with E-state index < -0.39 is 23.9 Å². The highest BCUT2D eigenvalue weighted by Crippen LogP contribution is 2.31. The summed E-state index contributed by atoms with van der Waals surface area (Å²) >= 11 is 0. The van der Waals surface area contributed by atoms with E-state index in [9.17, 15) is 23.1 Å². The van der Waals surface area contributed by atoms with Crippen LogP contribution in [0.2, 0.25) is 0 Å². The molecule has 0 aliphatic carbocycles. The van der Waals surface area contributed by atoms with Gasteiger partial charge in [0, 0.05) is 24.9 Å². The molecule has 0 aromatic heterocycles. The molecule has 28 heavy (non-hydrogen) atoms. The van der Waals surface area contributed by atoms with Crippen LogP contribution >= 0.6 is 0 Å². The Balaban J connectivity index is 1.80. The zero-order chi connectivity index (χ0) is 20.6. The van der Waals surface area contributed by atoms with Gasteiger partial charge in [-0.3, -0.25) is 0 Å². The van der Waals surface area contributed by atoms with Crippen molar-refractivity contribution in [3.8, 4) is 5.75 Å². The number of amides is 2. The minimum Gasteiger partial charge on any atom is -0.491 e. The first-order valence-corrected chi connectivity index (χ1v) is 8.39. The van der Waals surface area contributed by atoms with E-state index in [1.807, 2.05) is 6.07 Å². The number of ether oxygens (including phenoxy) is 2. The van der Waals surface area contributed by atoms with Crippen molar-refractivity contribution in [3.05, 3.63) is 59.7 Å². The number of anilines is 1. The van der Waals surface area contributed by atoms with Gasteiger partial charge in [0.2, 0.25) is 0 Å². The molecule has 152 valence electrons. The number of methoxy groups -OCH3 is 1. The molecule has 6 nitrogen and oxygen atoms in total. The first kappa shape index (κ1) is 21.5. The lowest BCUT2D eigenvalue weighted by Gasteiger charge is -2.15. The Kier molecular flexibility index (Phi) is 7.65. The minimum atomic E-state index is -4.48. The Morgan fingerprint density at radius 1 is 1.18 bits per heavy atom. The highest BCUT2D eigenvalue weighted by Gasteiger charge is 2.30. The summed E-state index contributed by atoms with van der Waals surface area (Å²) in [5, 5.41) is 15.0. The van der Waals surface area contributed by atoms with E-state index >= 15 is 0 Å². The topological polar surface area (TPSA) is 79.8 Å². The van der Waals surface area contributed by atoms with Gasteiger partial charge in [-0.25, -0.2) is 4.79 Å². The van der Waals surface area contributed by atoms with E-state index in [0.717, 1.165) is 17.7 Å². The summed E-state index contributed by atoms with van der Waals surface area (Å²) in [5.74, 6) is -0.0215. The molecule has 2 aromatic carbocycles. The number of benzene rings is 2. The third-order valence-electron chi connectivity index (χ3n) is 3.67. The zero-order valence-corrected chi connectivity index (χ0v) is 15.1.